The molecule has 4 heteroatoms. The summed E-state index contributed by atoms with van der Waals surface area (Å²) in [6, 6.07) is 0.350. The predicted molar refractivity (Wildman–Crippen MR) is 73.4 cm³/mol. The van der Waals surface area contributed by atoms with E-state index in [2.05, 4.69) is 25.7 Å². The molecule has 0 saturated carbocycles. The van der Waals surface area contributed by atoms with Crippen LogP contribution in [-0.2, 0) is 4.79 Å². The van der Waals surface area contributed by atoms with Gasteiger partial charge in [0.05, 0.1) is 6.54 Å². The fraction of sp³-hybridized carbons (Fsp3) is 0.929. The molecule has 0 aromatic rings. The zero-order valence-corrected chi connectivity index (χ0v) is 12.1. The number of piperidine rings is 1. The SMILES string of the molecule is CC1CCCN(C(=O)CN(CCCO)C(C)C)C1. The average molecular weight is 256 g/mol. The molecule has 0 bridgehead atoms. The molecule has 1 rings (SSSR count). The molecule has 0 aliphatic carbocycles. The quantitative estimate of drug-likeness (QED) is 0.780. The fourth-order valence-electron chi connectivity index (χ4n) is 2.48. The molecule has 18 heavy (non-hydrogen) atoms. The maximum Gasteiger partial charge on any atom is 0.236 e. The Kier molecular flexibility index (Phi) is 6.65. The van der Waals surface area contributed by atoms with E-state index in [0.717, 1.165) is 32.5 Å². The lowest BCUT2D eigenvalue weighted by Crippen LogP contribution is -2.46. The number of likely N-dealkylation sites (tertiary alicyclic amines) is 1. The van der Waals surface area contributed by atoms with Crippen molar-refractivity contribution in [1.29, 1.82) is 0 Å². The number of rotatable bonds is 6. The van der Waals surface area contributed by atoms with Crippen molar-refractivity contribution in [2.45, 2.75) is 46.1 Å². The first-order valence-corrected chi connectivity index (χ1v) is 7.17. The topological polar surface area (TPSA) is 43.8 Å². The van der Waals surface area contributed by atoms with E-state index in [4.69, 9.17) is 5.11 Å². The lowest BCUT2D eigenvalue weighted by Gasteiger charge is -2.34. The molecule has 1 heterocycles. The molecule has 1 saturated heterocycles. The van der Waals surface area contributed by atoms with Crippen LogP contribution in [0.5, 0.6) is 0 Å². The summed E-state index contributed by atoms with van der Waals surface area (Å²) >= 11 is 0. The lowest BCUT2D eigenvalue weighted by atomic mass is 10.0. The third kappa shape index (κ3) is 4.94. The number of aliphatic hydroxyl groups excluding tert-OH is 1. The van der Waals surface area contributed by atoms with Gasteiger partial charge in [0, 0.05) is 32.3 Å². The molecule has 1 aliphatic rings. The Morgan fingerprint density at radius 1 is 1.50 bits per heavy atom. The van der Waals surface area contributed by atoms with Crippen molar-refractivity contribution >= 4 is 5.91 Å². The molecular weight excluding hydrogens is 228 g/mol. The van der Waals surface area contributed by atoms with Crippen molar-refractivity contribution in [1.82, 2.24) is 9.80 Å². The van der Waals surface area contributed by atoms with Crippen LogP contribution >= 0.6 is 0 Å². The summed E-state index contributed by atoms with van der Waals surface area (Å²) in [6.07, 6.45) is 3.11. The molecule has 0 radical (unpaired) electrons. The van der Waals surface area contributed by atoms with Crippen molar-refractivity contribution in [3.63, 3.8) is 0 Å². The maximum atomic E-state index is 12.2. The van der Waals surface area contributed by atoms with Gasteiger partial charge in [0.25, 0.3) is 0 Å². The Labute approximate surface area is 111 Å². The normalized spacial score (nSPS) is 20.8. The van der Waals surface area contributed by atoms with Gasteiger partial charge in [0.15, 0.2) is 0 Å². The average Bonchev–Trinajstić information content (AvgIpc) is 2.33. The summed E-state index contributed by atoms with van der Waals surface area (Å²) in [5.41, 5.74) is 0. The molecule has 4 nitrogen and oxygen atoms in total. The highest BCUT2D eigenvalue weighted by molar-refractivity contribution is 5.78. The highest BCUT2D eigenvalue weighted by Gasteiger charge is 2.23. The van der Waals surface area contributed by atoms with Gasteiger partial charge in [-0.2, -0.15) is 0 Å². The molecule has 106 valence electrons. The van der Waals surface area contributed by atoms with E-state index in [9.17, 15) is 4.79 Å². The molecule has 0 spiro atoms. The van der Waals surface area contributed by atoms with Crippen LogP contribution in [0.3, 0.4) is 0 Å². The van der Waals surface area contributed by atoms with Crippen LogP contribution in [0.1, 0.15) is 40.0 Å². The van der Waals surface area contributed by atoms with Gasteiger partial charge in [-0.1, -0.05) is 6.92 Å². The highest BCUT2D eigenvalue weighted by atomic mass is 16.3. The van der Waals surface area contributed by atoms with Gasteiger partial charge >= 0.3 is 0 Å². The molecule has 0 aromatic heterocycles. The third-order valence-electron chi connectivity index (χ3n) is 3.68. The molecule has 1 aliphatic heterocycles. The van der Waals surface area contributed by atoms with Gasteiger partial charge in [-0.05, 0) is 39.0 Å². The minimum Gasteiger partial charge on any atom is -0.396 e. The first-order chi connectivity index (χ1) is 8.54. The Hall–Kier alpha value is -0.610. The number of aliphatic hydroxyl groups is 1. The summed E-state index contributed by atoms with van der Waals surface area (Å²) in [6.45, 7) is 9.71. The van der Waals surface area contributed by atoms with E-state index in [1.54, 1.807) is 0 Å². The van der Waals surface area contributed by atoms with E-state index in [1.807, 2.05) is 4.90 Å². The van der Waals surface area contributed by atoms with Crippen LogP contribution in [-0.4, -0.2) is 59.6 Å². The van der Waals surface area contributed by atoms with E-state index >= 15 is 0 Å². The van der Waals surface area contributed by atoms with E-state index in [-0.39, 0.29) is 12.5 Å². The molecule has 1 atom stereocenters. The second kappa shape index (κ2) is 7.74. The van der Waals surface area contributed by atoms with Crippen molar-refractivity contribution in [3.05, 3.63) is 0 Å². The predicted octanol–water partition coefficient (Wildman–Crippen LogP) is 1.34. The second-order valence-electron chi connectivity index (χ2n) is 5.73. The molecule has 1 amide bonds. The van der Waals surface area contributed by atoms with Crippen LogP contribution in [0.4, 0.5) is 0 Å². The lowest BCUT2D eigenvalue weighted by molar-refractivity contribution is -0.134. The van der Waals surface area contributed by atoms with Crippen molar-refractivity contribution < 1.29 is 9.90 Å². The van der Waals surface area contributed by atoms with Gasteiger partial charge in [-0.25, -0.2) is 0 Å². The number of amides is 1. The smallest absolute Gasteiger partial charge is 0.236 e. The van der Waals surface area contributed by atoms with Gasteiger partial charge < -0.3 is 10.0 Å². The van der Waals surface area contributed by atoms with E-state index < -0.39 is 0 Å². The number of hydrogen-bond donors (Lipinski definition) is 1. The van der Waals surface area contributed by atoms with Gasteiger partial charge in [-0.15, -0.1) is 0 Å². The number of carbonyl (C=O) groups excluding carboxylic acids is 1. The number of carbonyl (C=O) groups is 1. The Bertz CT molecular complexity index is 256. The fourth-order valence-corrected chi connectivity index (χ4v) is 2.48. The van der Waals surface area contributed by atoms with Crippen LogP contribution in [0.25, 0.3) is 0 Å². The summed E-state index contributed by atoms with van der Waals surface area (Å²) in [7, 11) is 0. The summed E-state index contributed by atoms with van der Waals surface area (Å²) < 4.78 is 0. The first kappa shape index (κ1) is 15.4. The van der Waals surface area contributed by atoms with Crippen molar-refractivity contribution in [2.75, 3.05) is 32.8 Å². The maximum absolute atomic E-state index is 12.2. The standard InChI is InChI=1S/C14H28N2O2/c1-12(2)15(8-5-9-17)11-14(18)16-7-4-6-13(3)10-16/h12-13,17H,4-11H2,1-3H3. The molecular formula is C14H28N2O2. The molecule has 0 aromatic carbocycles. The molecule has 1 N–H and O–H groups in total. The van der Waals surface area contributed by atoms with Crippen LogP contribution < -0.4 is 0 Å². The van der Waals surface area contributed by atoms with Crippen LogP contribution in [0, 0.1) is 5.92 Å². The van der Waals surface area contributed by atoms with Crippen LogP contribution in [0.15, 0.2) is 0 Å². The largest absolute Gasteiger partial charge is 0.396 e. The zero-order valence-electron chi connectivity index (χ0n) is 12.1. The van der Waals surface area contributed by atoms with Gasteiger partial charge in [-0.3, -0.25) is 9.69 Å². The first-order valence-electron chi connectivity index (χ1n) is 7.17. The summed E-state index contributed by atoms with van der Waals surface area (Å²) in [5.74, 6) is 0.876. The third-order valence-corrected chi connectivity index (χ3v) is 3.68. The Morgan fingerprint density at radius 3 is 2.78 bits per heavy atom. The minimum atomic E-state index is 0.193. The minimum absolute atomic E-state index is 0.193. The summed E-state index contributed by atoms with van der Waals surface area (Å²) in [4.78, 5) is 16.4. The Morgan fingerprint density at radius 2 is 2.22 bits per heavy atom. The van der Waals surface area contributed by atoms with Gasteiger partial charge in [0.2, 0.25) is 5.91 Å². The second-order valence-corrected chi connectivity index (χ2v) is 5.73. The number of hydrogen-bond acceptors (Lipinski definition) is 3. The highest BCUT2D eigenvalue weighted by Crippen LogP contribution is 2.16. The van der Waals surface area contributed by atoms with E-state index in [1.165, 1.54) is 6.42 Å². The van der Waals surface area contributed by atoms with Crippen LogP contribution in [0.2, 0.25) is 0 Å². The molecule has 1 fully saturated rings. The Balaban J connectivity index is 2.44. The van der Waals surface area contributed by atoms with Gasteiger partial charge in [0.1, 0.15) is 0 Å². The monoisotopic (exact) mass is 256 g/mol. The summed E-state index contributed by atoms with van der Waals surface area (Å²) in [5, 5.41) is 8.89. The number of nitrogens with zero attached hydrogens (tertiary/aromatic N) is 2. The molecule has 1 unspecified atom stereocenters. The van der Waals surface area contributed by atoms with Crippen molar-refractivity contribution in [3.8, 4) is 0 Å². The van der Waals surface area contributed by atoms with E-state index in [0.29, 0.717) is 18.5 Å². The van der Waals surface area contributed by atoms with Crippen molar-refractivity contribution in [2.24, 2.45) is 5.92 Å². The zero-order chi connectivity index (χ0) is 13.5.